The van der Waals surface area contributed by atoms with E-state index >= 15 is 4.39 Å². The van der Waals surface area contributed by atoms with Gasteiger partial charge in [-0.3, -0.25) is 9.82 Å². The Kier molecular flexibility index (Phi) is 7.16. The predicted molar refractivity (Wildman–Crippen MR) is 127 cm³/mol. The van der Waals surface area contributed by atoms with E-state index in [2.05, 4.69) is 36.7 Å². The maximum absolute atomic E-state index is 15.1. The lowest BCUT2D eigenvalue weighted by Crippen LogP contribution is -2.16. The highest BCUT2D eigenvalue weighted by atomic mass is 35.5. The van der Waals surface area contributed by atoms with E-state index in [0.717, 1.165) is 18.2 Å². The van der Waals surface area contributed by atoms with E-state index in [9.17, 15) is 17.9 Å². The average molecular weight is 532 g/mol. The molecule has 2 aromatic carbocycles. The summed E-state index contributed by atoms with van der Waals surface area (Å²) in [6.45, 7) is -0.552. The lowest BCUT2D eigenvalue weighted by molar-refractivity contribution is 0.272. The first-order chi connectivity index (χ1) is 17.2. The number of hydrogen-bond acceptors (Lipinski definition) is 7. The molecule has 9 nitrogen and oxygen atoms in total. The summed E-state index contributed by atoms with van der Waals surface area (Å²) >= 11 is 5.97. The van der Waals surface area contributed by atoms with Crippen LogP contribution in [0, 0.1) is 23.5 Å². The Balaban J connectivity index is 1.66. The molecule has 0 aliphatic heterocycles. The number of hydrogen-bond donors (Lipinski definition) is 3. The second-order valence-corrected chi connectivity index (χ2v) is 9.25. The topological polar surface area (TPSA) is 130 Å². The third-order valence-corrected chi connectivity index (χ3v) is 6.41. The van der Waals surface area contributed by atoms with Crippen molar-refractivity contribution in [3.63, 3.8) is 0 Å². The molecule has 2 aromatic heterocycles. The third-order valence-electron chi connectivity index (χ3n) is 4.82. The van der Waals surface area contributed by atoms with Crippen LogP contribution < -0.4 is 9.46 Å². The van der Waals surface area contributed by atoms with Gasteiger partial charge in [-0.2, -0.15) is 5.10 Å². The molecular weight excluding hydrogens is 516 g/mol. The number of aliphatic hydroxyl groups is 1. The molecule has 4 rings (SSSR count). The van der Waals surface area contributed by atoms with Crippen molar-refractivity contribution in [2.24, 2.45) is 0 Å². The second-order valence-electron chi connectivity index (χ2n) is 7.16. The van der Waals surface area contributed by atoms with E-state index in [0.29, 0.717) is 11.5 Å². The Morgan fingerprint density at radius 2 is 1.92 bits per heavy atom. The second kappa shape index (κ2) is 10.3. The highest BCUT2D eigenvalue weighted by Gasteiger charge is 2.25. The minimum atomic E-state index is -4.47. The van der Waals surface area contributed by atoms with Gasteiger partial charge in [0, 0.05) is 29.2 Å². The Morgan fingerprint density at radius 1 is 1.17 bits per heavy atom. The standard InChI is InChI=1S/C23H16ClF2N5O4S/c1-35-22-14(12-32)8-15(24)9-20(22)36(33,34)31-18-5-4-17(25)16(21(18)26)3-2-13-10-27-23(28-11-13)19-6-7-29-30-19/h4-11,31-32H,12H2,1H3,(H,29,30). The smallest absolute Gasteiger partial charge is 0.265 e. The molecule has 0 aliphatic rings. The highest BCUT2D eigenvalue weighted by Crippen LogP contribution is 2.33. The molecule has 0 radical (unpaired) electrons. The fraction of sp³-hybridized carbons (Fsp3) is 0.0870. The number of aliphatic hydroxyl groups excluding tert-OH is 1. The number of nitrogens with zero attached hydrogens (tertiary/aromatic N) is 3. The molecule has 0 unspecified atom stereocenters. The van der Waals surface area contributed by atoms with E-state index in [-0.39, 0.29) is 21.9 Å². The van der Waals surface area contributed by atoms with Crippen LogP contribution >= 0.6 is 11.6 Å². The van der Waals surface area contributed by atoms with Crippen LogP contribution in [0.15, 0.2) is 53.8 Å². The molecule has 0 bridgehead atoms. The molecular formula is C23H16ClF2N5O4S. The molecule has 0 atom stereocenters. The van der Waals surface area contributed by atoms with Crippen LogP contribution in [0.3, 0.4) is 0 Å². The Morgan fingerprint density at radius 3 is 2.56 bits per heavy atom. The van der Waals surface area contributed by atoms with Gasteiger partial charge in [0.2, 0.25) is 0 Å². The van der Waals surface area contributed by atoms with Crippen molar-refractivity contribution in [2.45, 2.75) is 11.5 Å². The number of halogens is 3. The molecule has 0 fully saturated rings. The summed E-state index contributed by atoms with van der Waals surface area (Å²) < 4.78 is 62.7. The number of rotatable bonds is 6. The maximum Gasteiger partial charge on any atom is 0.265 e. The molecule has 0 saturated carbocycles. The van der Waals surface area contributed by atoms with Gasteiger partial charge in [0.1, 0.15) is 22.2 Å². The van der Waals surface area contributed by atoms with Gasteiger partial charge >= 0.3 is 0 Å². The molecule has 13 heteroatoms. The number of aromatic nitrogens is 4. The van der Waals surface area contributed by atoms with Gasteiger partial charge in [-0.15, -0.1) is 0 Å². The van der Waals surface area contributed by atoms with Crippen molar-refractivity contribution in [3.05, 3.63) is 82.3 Å². The molecule has 36 heavy (non-hydrogen) atoms. The minimum Gasteiger partial charge on any atom is -0.495 e. The van der Waals surface area contributed by atoms with Crippen LogP contribution in [0.4, 0.5) is 14.5 Å². The minimum absolute atomic E-state index is 0.00660. The molecule has 0 amide bonds. The van der Waals surface area contributed by atoms with Crippen LogP contribution in [0.2, 0.25) is 5.02 Å². The lowest BCUT2D eigenvalue weighted by atomic mass is 10.1. The number of anilines is 1. The zero-order chi connectivity index (χ0) is 25.9. The summed E-state index contributed by atoms with van der Waals surface area (Å²) in [5.41, 5.74) is -0.268. The summed E-state index contributed by atoms with van der Waals surface area (Å²) in [5, 5.41) is 16.0. The van der Waals surface area contributed by atoms with Crippen LogP contribution in [0.1, 0.15) is 16.7 Å². The van der Waals surface area contributed by atoms with Crippen molar-refractivity contribution in [1.82, 2.24) is 20.2 Å². The fourth-order valence-electron chi connectivity index (χ4n) is 3.16. The molecule has 0 aliphatic carbocycles. The normalized spacial score (nSPS) is 11.0. The molecule has 3 N–H and O–H groups in total. The Labute approximate surface area is 209 Å². The van der Waals surface area contributed by atoms with E-state index in [4.69, 9.17) is 16.3 Å². The van der Waals surface area contributed by atoms with Gasteiger partial charge < -0.3 is 9.84 Å². The van der Waals surface area contributed by atoms with E-state index in [1.165, 1.54) is 31.8 Å². The summed E-state index contributed by atoms with van der Waals surface area (Å²) in [6, 6.07) is 5.87. The lowest BCUT2D eigenvalue weighted by Gasteiger charge is -2.15. The number of ether oxygens (including phenoxy) is 1. The van der Waals surface area contributed by atoms with Crippen molar-refractivity contribution in [2.75, 3.05) is 11.8 Å². The Hall–Kier alpha value is -4.05. The summed E-state index contributed by atoms with van der Waals surface area (Å²) in [7, 11) is -3.26. The molecule has 0 spiro atoms. The van der Waals surface area contributed by atoms with Crippen LogP contribution in [0.25, 0.3) is 11.5 Å². The van der Waals surface area contributed by atoms with E-state index in [1.54, 1.807) is 6.07 Å². The number of aromatic amines is 1. The van der Waals surface area contributed by atoms with Crippen LogP contribution in [0.5, 0.6) is 5.75 Å². The van der Waals surface area contributed by atoms with Gasteiger partial charge in [-0.25, -0.2) is 27.2 Å². The fourth-order valence-corrected chi connectivity index (χ4v) is 4.77. The maximum atomic E-state index is 15.1. The van der Waals surface area contributed by atoms with Gasteiger partial charge in [-0.1, -0.05) is 23.4 Å². The number of benzene rings is 2. The van der Waals surface area contributed by atoms with Gasteiger partial charge in [0.05, 0.1) is 30.5 Å². The first kappa shape index (κ1) is 25.1. The third kappa shape index (κ3) is 5.13. The zero-order valence-electron chi connectivity index (χ0n) is 18.4. The summed E-state index contributed by atoms with van der Waals surface area (Å²) in [5.74, 6) is 2.86. The predicted octanol–water partition coefficient (Wildman–Crippen LogP) is 3.50. The van der Waals surface area contributed by atoms with Crippen molar-refractivity contribution in [1.29, 1.82) is 0 Å². The van der Waals surface area contributed by atoms with Gasteiger partial charge in [0.15, 0.2) is 11.6 Å². The van der Waals surface area contributed by atoms with Crippen molar-refractivity contribution < 1.29 is 27.0 Å². The number of nitrogens with one attached hydrogen (secondary N) is 2. The zero-order valence-corrected chi connectivity index (χ0v) is 20.0. The first-order valence-electron chi connectivity index (χ1n) is 10.1. The van der Waals surface area contributed by atoms with Crippen molar-refractivity contribution in [3.8, 4) is 29.1 Å². The van der Waals surface area contributed by atoms with Crippen LogP contribution in [-0.4, -0.2) is 40.8 Å². The number of methoxy groups -OCH3 is 1. The van der Waals surface area contributed by atoms with Crippen LogP contribution in [-0.2, 0) is 16.6 Å². The molecule has 184 valence electrons. The van der Waals surface area contributed by atoms with Gasteiger partial charge in [0.25, 0.3) is 10.0 Å². The first-order valence-corrected chi connectivity index (χ1v) is 11.9. The van der Waals surface area contributed by atoms with E-state index in [1.807, 2.05) is 0 Å². The largest absolute Gasteiger partial charge is 0.495 e. The number of sulfonamides is 1. The monoisotopic (exact) mass is 531 g/mol. The average Bonchev–Trinajstić information content (AvgIpc) is 3.40. The molecule has 2 heterocycles. The Bertz CT molecular complexity index is 1590. The molecule has 4 aromatic rings. The number of H-pyrrole nitrogens is 1. The van der Waals surface area contributed by atoms with E-state index < -0.39 is 44.4 Å². The van der Waals surface area contributed by atoms with Gasteiger partial charge in [-0.05, 0) is 30.3 Å². The molecule has 0 saturated heterocycles. The quantitative estimate of drug-likeness (QED) is 0.325. The van der Waals surface area contributed by atoms with Crippen molar-refractivity contribution >= 4 is 27.3 Å². The summed E-state index contributed by atoms with van der Waals surface area (Å²) in [6.07, 6.45) is 4.26. The SMILES string of the molecule is COc1c(CO)cc(Cl)cc1S(=O)(=O)Nc1ccc(F)c(C#Cc2cnc(-c3ccn[nH]3)nc2)c1F. The highest BCUT2D eigenvalue weighted by molar-refractivity contribution is 7.92. The summed E-state index contributed by atoms with van der Waals surface area (Å²) in [4.78, 5) is 7.78.